The Kier molecular flexibility index (Phi) is 3.21. The normalized spacial score (nSPS) is 11.6. The van der Waals surface area contributed by atoms with Crippen LogP contribution in [-0.2, 0) is 6.18 Å². The van der Waals surface area contributed by atoms with E-state index in [-0.39, 0.29) is 10.8 Å². The van der Waals surface area contributed by atoms with Crippen molar-refractivity contribution in [2.24, 2.45) is 0 Å². The molecule has 0 aliphatic rings. The number of hydrogen-bond acceptors (Lipinski definition) is 3. The number of aryl methyl sites for hydroxylation is 1. The predicted molar refractivity (Wildman–Crippen MR) is 60.0 cm³/mol. The number of pyridine rings is 1. The molecule has 0 amide bonds. The van der Waals surface area contributed by atoms with Crippen molar-refractivity contribution in [3.05, 3.63) is 41.1 Å². The second-order valence-electron chi connectivity index (χ2n) is 3.59. The van der Waals surface area contributed by atoms with Gasteiger partial charge in [0, 0.05) is 23.5 Å². The summed E-state index contributed by atoms with van der Waals surface area (Å²) in [5.74, 6) is -1.26. The fourth-order valence-corrected chi connectivity index (χ4v) is 1.50. The van der Waals surface area contributed by atoms with Gasteiger partial charge in [-0.2, -0.15) is 13.2 Å². The van der Waals surface area contributed by atoms with Crippen molar-refractivity contribution in [3.8, 4) is 11.3 Å². The number of hydrogen-bond donors (Lipinski definition) is 0. The van der Waals surface area contributed by atoms with E-state index >= 15 is 0 Å². The maximum Gasteiger partial charge on any atom is 0.451 e. The van der Waals surface area contributed by atoms with Crippen molar-refractivity contribution >= 4 is 11.6 Å². The Bertz CT molecular complexity index is 567. The lowest BCUT2D eigenvalue weighted by Gasteiger charge is -2.07. The fraction of sp³-hybridized carbons (Fsp3) is 0.182. The minimum atomic E-state index is -4.63. The molecule has 2 aromatic heterocycles. The SMILES string of the molecule is Cc1ccc(-c2cc(Cl)nc(C(F)(F)F)n2)cn1. The zero-order chi connectivity index (χ0) is 13.3. The molecule has 0 aliphatic heterocycles. The highest BCUT2D eigenvalue weighted by Crippen LogP contribution is 2.29. The molecule has 0 atom stereocenters. The first kappa shape index (κ1) is 12.8. The van der Waals surface area contributed by atoms with E-state index in [1.165, 1.54) is 12.3 Å². The monoisotopic (exact) mass is 273 g/mol. The Hall–Kier alpha value is -1.69. The van der Waals surface area contributed by atoms with Crippen LogP contribution in [0.5, 0.6) is 0 Å². The number of nitrogens with zero attached hydrogens (tertiary/aromatic N) is 3. The Morgan fingerprint density at radius 3 is 2.44 bits per heavy atom. The predicted octanol–water partition coefficient (Wildman–Crippen LogP) is 3.52. The lowest BCUT2D eigenvalue weighted by molar-refractivity contribution is -0.144. The molecule has 0 fully saturated rings. The molecule has 0 bridgehead atoms. The zero-order valence-electron chi connectivity index (χ0n) is 9.16. The van der Waals surface area contributed by atoms with Gasteiger partial charge in [0.1, 0.15) is 5.15 Å². The second kappa shape index (κ2) is 4.53. The molecule has 94 valence electrons. The molecule has 0 aromatic carbocycles. The molecule has 0 spiro atoms. The third-order valence-electron chi connectivity index (χ3n) is 2.16. The molecule has 18 heavy (non-hydrogen) atoms. The van der Waals surface area contributed by atoms with Crippen LogP contribution < -0.4 is 0 Å². The summed E-state index contributed by atoms with van der Waals surface area (Å²) in [4.78, 5) is 10.6. The van der Waals surface area contributed by atoms with Crippen LogP contribution in [0.15, 0.2) is 24.4 Å². The largest absolute Gasteiger partial charge is 0.451 e. The molecule has 2 aromatic rings. The molecular weight excluding hydrogens is 267 g/mol. The van der Waals surface area contributed by atoms with Crippen molar-refractivity contribution in [3.63, 3.8) is 0 Å². The zero-order valence-corrected chi connectivity index (χ0v) is 9.92. The molecule has 0 radical (unpaired) electrons. The van der Waals surface area contributed by atoms with Crippen molar-refractivity contribution in [1.29, 1.82) is 0 Å². The van der Waals surface area contributed by atoms with Crippen LogP contribution in [0.1, 0.15) is 11.5 Å². The van der Waals surface area contributed by atoms with Crippen LogP contribution in [0.4, 0.5) is 13.2 Å². The average molecular weight is 274 g/mol. The summed E-state index contributed by atoms with van der Waals surface area (Å²) >= 11 is 5.57. The molecule has 0 saturated carbocycles. The second-order valence-corrected chi connectivity index (χ2v) is 3.97. The smallest absolute Gasteiger partial charge is 0.261 e. The summed E-state index contributed by atoms with van der Waals surface area (Å²) in [6.45, 7) is 1.78. The van der Waals surface area contributed by atoms with E-state index in [1.807, 2.05) is 0 Å². The van der Waals surface area contributed by atoms with E-state index in [0.29, 0.717) is 5.56 Å². The molecule has 0 saturated heterocycles. The molecule has 0 unspecified atom stereocenters. The van der Waals surface area contributed by atoms with Gasteiger partial charge in [0.05, 0.1) is 5.69 Å². The summed E-state index contributed by atoms with van der Waals surface area (Å²) in [7, 11) is 0. The van der Waals surface area contributed by atoms with Gasteiger partial charge >= 0.3 is 6.18 Å². The van der Waals surface area contributed by atoms with E-state index in [1.54, 1.807) is 19.1 Å². The summed E-state index contributed by atoms with van der Waals surface area (Å²) in [6.07, 6.45) is -3.19. The number of rotatable bonds is 1. The molecule has 3 nitrogen and oxygen atoms in total. The highest BCUT2D eigenvalue weighted by atomic mass is 35.5. The summed E-state index contributed by atoms with van der Waals surface area (Å²) < 4.78 is 37.6. The first-order valence-corrected chi connectivity index (χ1v) is 5.29. The molecule has 7 heteroatoms. The van der Waals surface area contributed by atoms with Gasteiger partial charge in [-0.25, -0.2) is 9.97 Å². The van der Waals surface area contributed by atoms with E-state index in [0.717, 1.165) is 5.69 Å². The number of alkyl halides is 3. The van der Waals surface area contributed by atoms with Gasteiger partial charge in [-0.05, 0) is 19.1 Å². The maximum absolute atomic E-state index is 12.5. The minimum Gasteiger partial charge on any atom is -0.261 e. The van der Waals surface area contributed by atoms with Gasteiger partial charge in [-0.1, -0.05) is 11.6 Å². The maximum atomic E-state index is 12.5. The van der Waals surface area contributed by atoms with E-state index in [4.69, 9.17) is 11.6 Å². The first-order chi connectivity index (χ1) is 8.36. The summed E-state index contributed by atoms with van der Waals surface area (Å²) in [5.41, 5.74) is 1.31. The Morgan fingerprint density at radius 2 is 1.89 bits per heavy atom. The number of halogens is 4. The van der Waals surface area contributed by atoms with E-state index < -0.39 is 12.0 Å². The van der Waals surface area contributed by atoms with Crippen molar-refractivity contribution in [2.75, 3.05) is 0 Å². The van der Waals surface area contributed by atoms with Crippen molar-refractivity contribution in [2.45, 2.75) is 13.1 Å². The minimum absolute atomic E-state index is 0.0924. The van der Waals surface area contributed by atoms with Crippen LogP contribution in [-0.4, -0.2) is 15.0 Å². The van der Waals surface area contributed by atoms with Crippen LogP contribution in [0.2, 0.25) is 5.15 Å². The molecule has 2 heterocycles. The highest BCUT2D eigenvalue weighted by Gasteiger charge is 2.35. The molecule has 0 N–H and O–H groups in total. The van der Waals surface area contributed by atoms with Crippen molar-refractivity contribution < 1.29 is 13.2 Å². The fourth-order valence-electron chi connectivity index (χ4n) is 1.31. The van der Waals surface area contributed by atoms with E-state index in [9.17, 15) is 13.2 Å². The average Bonchev–Trinajstić information content (AvgIpc) is 2.28. The lowest BCUT2D eigenvalue weighted by atomic mass is 10.2. The van der Waals surface area contributed by atoms with Gasteiger partial charge < -0.3 is 0 Å². The highest BCUT2D eigenvalue weighted by molar-refractivity contribution is 6.29. The van der Waals surface area contributed by atoms with Gasteiger partial charge in [0.25, 0.3) is 0 Å². The molecular formula is C11H7ClF3N3. The third-order valence-corrected chi connectivity index (χ3v) is 2.35. The first-order valence-electron chi connectivity index (χ1n) is 4.91. The Balaban J connectivity index is 2.52. The Labute approximate surface area is 106 Å². The van der Waals surface area contributed by atoms with Gasteiger partial charge in [-0.3, -0.25) is 4.98 Å². The van der Waals surface area contributed by atoms with Crippen LogP contribution in [0.3, 0.4) is 0 Å². The quantitative estimate of drug-likeness (QED) is 0.746. The van der Waals surface area contributed by atoms with Gasteiger partial charge in [0.15, 0.2) is 0 Å². The summed E-state index contributed by atoms with van der Waals surface area (Å²) in [5, 5.41) is -0.257. The van der Waals surface area contributed by atoms with Gasteiger partial charge in [-0.15, -0.1) is 0 Å². The lowest BCUT2D eigenvalue weighted by Crippen LogP contribution is -2.11. The topological polar surface area (TPSA) is 38.7 Å². The van der Waals surface area contributed by atoms with E-state index in [2.05, 4.69) is 15.0 Å². The van der Waals surface area contributed by atoms with Gasteiger partial charge in [0.2, 0.25) is 5.82 Å². The summed E-state index contributed by atoms with van der Waals surface area (Å²) in [6, 6.07) is 4.57. The number of aromatic nitrogens is 3. The van der Waals surface area contributed by atoms with Crippen LogP contribution in [0.25, 0.3) is 11.3 Å². The standard InChI is InChI=1S/C11H7ClF3N3/c1-6-2-3-7(5-16-6)8-4-9(12)18-10(17-8)11(13,14)15/h2-5H,1H3. The third kappa shape index (κ3) is 2.76. The molecule has 2 rings (SSSR count). The Morgan fingerprint density at radius 1 is 1.17 bits per heavy atom. The van der Waals surface area contributed by atoms with Crippen molar-refractivity contribution in [1.82, 2.24) is 15.0 Å². The molecule has 0 aliphatic carbocycles. The van der Waals surface area contributed by atoms with Crippen LogP contribution in [0, 0.1) is 6.92 Å². The van der Waals surface area contributed by atoms with Crippen LogP contribution >= 0.6 is 11.6 Å².